The summed E-state index contributed by atoms with van der Waals surface area (Å²) in [6.45, 7) is 1.82. The summed E-state index contributed by atoms with van der Waals surface area (Å²) in [6.07, 6.45) is 1.64. The van der Waals surface area contributed by atoms with Crippen LogP contribution in [0.4, 0.5) is 5.82 Å². The van der Waals surface area contributed by atoms with Gasteiger partial charge >= 0.3 is 0 Å². The molecule has 2 unspecified atom stereocenters. The molecule has 0 saturated heterocycles. The zero-order chi connectivity index (χ0) is 13.8. The number of hydrogen-bond donors (Lipinski definition) is 2. The monoisotopic (exact) mass is 294 g/mol. The number of amides is 1. The van der Waals surface area contributed by atoms with Gasteiger partial charge in [-0.1, -0.05) is 37.3 Å². The molecule has 108 valence electrons. The lowest BCUT2D eigenvalue weighted by Gasteiger charge is -2.19. The van der Waals surface area contributed by atoms with Crippen molar-refractivity contribution in [1.82, 2.24) is 9.78 Å². The second-order valence-corrected chi connectivity index (χ2v) is 4.55. The maximum Gasteiger partial charge on any atom is 0.230 e. The van der Waals surface area contributed by atoms with Gasteiger partial charge in [-0.3, -0.25) is 9.48 Å². The Morgan fingerprint density at radius 2 is 1.95 bits per heavy atom. The minimum absolute atomic E-state index is 0. The highest BCUT2D eigenvalue weighted by Crippen LogP contribution is 2.20. The van der Waals surface area contributed by atoms with Gasteiger partial charge in [0.25, 0.3) is 0 Å². The first kappa shape index (κ1) is 16.2. The van der Waals surface area contributed by atoms with Gasteiger partial charge in [-0.2, -0.15) is 5.10 Å². The van der Waals surface area contributed by atoms with Crippen molar-refractivity contribution in [2.45, 2.75) is 13.0 Å². The lowest BCUT2D eigenvalue weighted by molar-refractivity contribution is -0.120. The number of benzene rings is 1. The summed E-state index contributed by atoms with van der Waals surface area (Å²) in [5.74, 6) is 0.231. The van der Waals surface area contributed by atoms with Crippen LogP contribution in [0, 0.1) is 5.92 Å². The van der Waals surface area contributed by atoms with E-state index in [9.17, 15) is 4.79 Å². The Balaban J connectivity index is 0.00000200. The van der Waals surface area contributed by atoms with Crippen LogP contribution in [-0.4, -0.2) is 15.7 Å². The number of aromatic nitrogens is 2. The highest BCUT2D eigenvalue weighted by molar-refractivity contribution is 5.92. The summed E-state index contributed by atoms with van der Waals surface area (Å²) in [6, 6.07) is 11.0. The molecule has 5 nitrogen and oxygen atoms in total. The standard InChI is InChI=1S/C14H18N4O.ClH/c1-10(13(15)11-6-4-3-5-7-11)14(19)17-12-8-9-16-18(12)2;/h3-10,13H,15H2,1-2H3,(H,17,19);1H. The molecule has 0 aliphatic carbocycles. The van der Waals surface area contributed by atoms with Crippen molar-refractivity contribution >= 4 is 24.1 Å². The number of rotatable bonds is 4. The van der Waals surface area contributed by atoms with E-state index in [1.54, 1.807) is 24.0 Å². The Kier molecular flexibility index (Phi) is 5.73. The number of anilines is 1. The van der Waals surface area contributed by atoms with Crippen LogP contribution in [0.3, 0.4) is 0 Å². The molecule has 2 atom stereocenters. The van der Waals surface area contributed by atoms with Crippen molar-refractivity contribution in [2.75, 3.05) is 5.32 Å². The molecule has 0 aliphatic heterocycles. The molecule has 0 spiro atoms. The lowest BCUT2D eigenvalue weighted by Crippen LogP contribution is -2.31. The third kappa shape index (κ3) is 3.59. The van der Waals surface area contributed by atoms with Crippen molar-refractivity contribution in [2.24, 2.45) is 18.7 Å². The van der Waals surface area contributed by atoms with Crippen LogP contribution in [0.15, 0.2) is 42.6 Å². The van der Waals surface area contributed by atoms with Crippen molar-refractivity contribution < 1.29 is 4.79 Å². The van der Waals surface area contributed by atoms with Gasteiger partial charge in [-0.05, 0) is 5.56 Å². The van der Waals surface area contributed by atoms with Gasteiger partial charge in [0.15, 0.2) is 0 Å². The van der Waals surface area contributed by atoms with Crippen LogP contribution in [0.1, 0.15) is 18.5 Å². The van der Waals surface area contributed by atoms with Crippen LogP contribution in [-0.2, 0) is 11.8 Å². The molecule has 0 aliphatic rings. The first-order valence-corrected chi connectivity index (χ1v) is 6.19. The highest BCUT2D eigenvalue weighted by atomic mass is 35.5. The second-order valence-electron chi connectivity index (χ2n) is 4.55. The van der Waals surface area contributed by atoms with Crippen LogP contribution in [0.25, 0.3) is 0 Å². The maximum atomic E-state index is 12.1. The molecule has 0 bridgehead atoms. The summed E-state index contributed by atoms with van der Waals surface area (Å²) in [5, 5.41) is 6.82. The van der Waals surface area contributed by atoms with Crippen molar-refractivity contribution in [1.29, 1.82) is 0 Å². The minimum Gasteiger partial charge on any atom is -0.323 e. The molecule has 0 fully saturated rings. The van der Waals surface area contributed by atoms with E-state index in [1.807, 2.05) is 37.3 Å². The number of hydrogen-bond acceptors (Lipinski definition) is 3. The van der Waals surface area contributed by atoms with E-state index in [0.717, 1.165) is 5.56 Å². The smallest absolute Gasteiger partial charge is 0.230 e. The zero-order valence-corrected chi connectivity index (χ0v) is 12.3. The van der Waals surface area contributed by atoms with Crippen molar-refractivity contribution in [3.8, 4) is 0 Å². The molecular formula is C14H19ClN4O. The van der Waals surface area contributed by atoms with Gasteiger partial charge in [0.2, 0.25) is 5.91 Å². The summed E-state index contributed by atoms with van der Waals surface area (Å²) in [7, 11) is 1.78. The summed E-state index contributed by atoms with van der Waals surface area (Å²) >= 11 is 0. The predicted molar refractivity (Wildman–Crippen MR) is 81.6 cm³/mol. The molecule has 2 aromatic rings. The first-order valence-electron chi connectivity index (χ1n) is 6.19. The van der Waals surface area contributed by atoms with Crippen LogP contribution in [0.5, 0.6) is 0 Å². The molecule has 0 saturated carbocycles. The van der Waals surface area contributed by atoms with Gasteiger partial charge in [-0.15, -0.1) is 12.4 Å². The van der Waals surface area contributed by atoms with Gasteiger partial charge < -0.3 is 11.1 Å². The summed E-state index contributed by atoms with van der Waals surface area (Å²) < 4.78 is 1.61. The van der Waals surface area contributed by atoms with Crippen LogP contribution in [0.2, 0.25) is 0 Å². The predicted octanol–water partition coefficient (Wildman–Crippen LogP) is 2.12. The molecule has 1 amide bonds. The number of nitrogens with one attached hydrogen (secondary N) is 1. The number of aryl methyl sites for hydroxylation is 1. The Bertz CT molecular complexity index is 555. The highest BCUT2D eigenvalue weighted by Gasteiger charge is 2.22. The molecule has 1 aromatic carbocycles. The molecule has 1 heterocycles. The SMILES string of the molecule is CC(C(=O)Nc1ccnn1C)C(N)c1ccccc1.Cl. The molecule has 6 heteroatoms. The zero-order valence-electron chi connectivity index (χ0n) is 11.5. The van der Waals surface area contributed by atoms with E-state index in [2.05, 4.69) is 10.4 Å². The van der Waals surface area contributed by atoms with Crippen LogP contribution >= 0.6 is 12.4 Å². The molecule has 0 radical (unpaired) electrons. The maximum absolute atomic E-state index is 12.1. The fraction of sp³-hybridized carbons (Fsp3) is 0.286. The number of carbonyl (C=O) groups is 1. The average Bonchev–Trinajstić information content (AvgIpc) is 2.83. The fourth-order valence-corrected chi connectivity index (χ4v) is 1.86. The Morgan fingerprint density at radius 1 is 1.30 bits per heavy atom. The molecular weight excluding hydrogens is 276 g/mol. The van der Waals surface area contributed by atoms with E-state index in [0.29, 0.717) is 5.82 Å². The molecule has 2 rings (SSSR count). The third-order valence-corrected chi connectivity index (χ3v) is 3.21. The normalized spacial score (nSPS) is 13.2. The first-order chi connectivity index (χ1) is 9.09. The van der Waals surface area contributed by atoms with Gasteiger partial charge in [0.05, 0.1) is 12.1 Å². The average molecular weight is 295 g/mol. The fourth-order valence-electron chi connectivity index (χ4n) is 1.86. The quantitative estimate of drug-likeness (QED) is 0.907. The minimum atomic E-state index is -0.325. The van der Waals surface area contributed by atoms with E-state index in [4.69, 9.17) is 5.73 Å². The van der Waals surface area contributed by atoms with Crippen molar-refractivity contribution in [3.05, 3.63) is 48.2 Å². The molecule has 20 heavy (non-hydrogen) atoms. The number of carbonyl (C=O) groups excluding carboxylic acids is 1. The van der Waals surface area contributed by atoms with E-state index in [-0.39, 0.29) is 30.3 Å². The van der Waals surface area contributed by atoms with Gasteiger partial charge in [0.1, 0.15) is 5.82 Å². The van der Waals surface area contributed by atoms with Gasteiger partial charge in [-0.25, -0.2) is 0 Å². The molecule has 3 N–H and O–H groups in total. The van der Waals surface area contributed by atoms with E-state index < -0.39 is 0 Å². The number of halogens is 1. The lowest BCUT2D eigenvalue weighted by atomic mass is 9.95. The van der Waals surface area contributed by atoms with Gasteiger partial charge in [0, 0.05) is 19.2 Å². The molecule has 1 aromatic heterocycles. The number of nitrogens with two attached hydrogens (primary N) is 1. The Morgan fingerprint density at radius 3 is 2.50 bits per heavy atom. The third-order valence-electron chi connectivity index (χ3n) is 3.21. The largest absolute Gasteiger partial charge is 0.323 e. The van der Waals surface area contributed by atoms with E-state index in [1.165, 1.54) is 0 Å². The second kappa shape index (κ2) is 7.07. The van der Waals surface area contributed by atoms with E-state index >= 15 is 0 Å². The Hall–Kier alpha value is -1.85. The van der Waals surface area contributed by atoms with Crippen LogP contribution < -0.4 is 11.1 Å². The topological polar surface area (TPSA) is 72.9 Å². The summed E-state index contributed by atoms with van der Waals surface area (Å²) in [4.78, 5) is 12.1. The Labute approximate surface area is 124 Å². The summed E-state index contributed by atoms with van der Waals surface area (Å²) in [5.41, 5.74) is 7.08. The van der Waals surface area contributed by atoms with Crippen molar-refractivity contribution in [3.63, 3.8) is 0 Å². The number of nitrogens with zero attached hydrogens (tertiary/aromatic N) is 2.